The summed E-state index contributed by atoms with van der Waals surface area (Å²) < 4.78 is 0. The fourth-order valence-electron chi connectivity index (χ4n) is 4.45. The minimum Gasteiger partial charge on any atom is -0.480 e. The van der Waals surface area contributed by atoms with E-state index in [1.54, 1.807) is 7.05 Å². The van der Waals surface area contributed by atoms with E-state index in [1.165, 1.54) is 14.7 Å². The summed E-state index contributed by atoms with van der Waals surface area (Å²) >= 11 is 0. The Morgan fingerprint density at radius 1 is 0.743 bits per heavy atom. The number of carboxylic acids is 1. The predicted molar refractivity (Wildman–Crippen MR) is 132 cm³/mol. The molecule has 1 aliphatic heterocycles. The summed E-state index contributed by atoms with van der Waals surface area (Å²) in [7, 11) is 1.66. The maximum Gasteiger partial charge on any atom is 0.329 e. The second kappa shape index (κ2) is 10.9. The lowest BCUT2D eigenvalue weighted by molar-refractivity contribution is -0.147. The maximum absolute atomic E-state index is 13.7. The summed E-state index contributed by atoms with van der Waals surface area (Å²) in [6, 6.07) is 25.4. The van der Waals surface area contributed by atoms with E-state index >= 15 is 0 Å². The number of likely N-dealkylation sites (N-methyl/N-ethyl adjacent to an activating group) is 1. The number of nitrogens with zero attached hydrogens (tertiary/aromatic N) is 3. The third-order valence-corrected chi connectivity index (χ3v) is 6.31. The second-order valence-corrected chi connectivity index (χ2v) is 8.73. The standard InChI is InChI=1S/C28H29N3O4/c1-29(18-17-21-11-5-2-6-12-21)26(32)24-25(27(33)34)31(20-23-15-9-4-10-16-23)28(35)30(24)19-22-13-7-3-8-14-22/h2-16,24-25H,17-20H2,1H3,(H,33,34). The Morgan fingerprint density at radius 3 is 1.63 bits per heavy atom. The second-order valence-electron chi connectivity index (χ2n) is 8.73. The number of urea groups is 1. The molecule has 1 N–H and O–H groups in total. The highest BCUT2D eigenvalue weighted by molar-refractivity contribution is 5.98. The lowest BCUT2D eigenvalue weighted by Gasteiger charge is -2.29. The van der Waals surface area contributed by atoms with Crippen LogP contribution in [0.15, 0.2) is 91.0 Å². The molecule has 2 atom stereocenters. The van der Waals surface area contributed by atoms with Crippen molar-refractivity contribution in [2.24, 2.45) is 0 Å². The van der Waals surface area contributed by atoms with E-state index in [0.29, 0.717) is 13.0 Å². The molecule has 1 aliphatic rings. The molecule has 1 saturated heterocycles. The number of carboxylic acid groups (broad SMARTS) is 1. The molecule has 0 bridgehead atoms. The number of hydrogen-bond donors (Lipinski definition) is 1. The van der Waals surface area contributed by atoms with Gasteiger partial charge < -0.3 is 19.8 Å². The molecule has 3 amide bonds. The third-order valence-electron chi connectivity index (χ3n) is 6.31. The van der Waals surface area contributed by atoms with Crippen molar-refractivity contribution < 1.29 is 19.5 Å². The van der Waals surface area contributed by atoms with Crippen molar-refractivity contribution in [3.05, 3.63) is 108 Å². The van der Waals surface area contributed by atoms with Crippen LogP contribution >= 0.6 is 0 Å². The molecule has 2 unspecified atom stereocenters. The van der Waals surface area contributed by atoms with Crippen LogP contribution < -0.4 is 0 Å². The Bertz CT molecular complexity index is 1150. The van der Waals surface area contributed by atoms with Gasteiger partial charge in [-0.15, -0.1) is 0 Å². The molecule has 0 radical (unpaired) electrons. The number of carbonyl (C=O) groups excluding carboxylic acids is 2. The molecule has 0 aliphatic carbocycles. The van der Waals surface area contributed by atoms with E-state index in [1.807, 2.05) is 91.0 Å². The summed E-state index contributed by atoms with van der Waals surface area (Å²) in [5.74, 6) is -1.58. The monoisotopic (exact) mass is 471 g/mol. The number of benzene rings is 3. The first-order chi connectivity index (χ1) is 17.0. The first-order valence-electron chi connectivity index (χ1n) is 11.6. The molecule has 7 heteroatoms. The van der Waals surface area contributed by atoms with Gasteiger partial charge >= 0.3 is 12.0 Å². The van der Waals surface area contributed by atoms with E-state index in [2.05, 4.69) is 0 Å². The molecule has 180 valence electrons. The average molecular weight is 472 g/mol. The fourth-order valence-corrected chi connectivity index (χ4v) is 4.45. The topological polar surface area (TPSA) is 81.2 Å². The summed E-state index contributed by atoms with van der Waals surface area (Å²) in [6.45, 7) is 0.675. The van der Waals surface area contributed by atoms with Gasteiger partial charge in [0.25, 0.3) is 0 Å². The Hall–Kier alpha value is -4.13. The molecule has 3 aromatic carbocycles. The maximum atomic E-state index is 13.7. The minimum absolute atomic E-state index is 0.111. The van der Waals surface area contributed by atoms with Gasteiger partial charge in [-0.25, -0.2) is 9.59 Å². The molecular formula is C28H29N3O4. The van der Waals surface area contributed by atoms with E-state index in [9.17, 15) is 19.5 Å². The highest BCUT2D eigenvalue weighted by atomic mass is 16.4. The van der Waals surface area contributed by atoms with Gasteiger partial charge in [0.2, 0.25) is 5.91 Å². The van der Waals surface area contributed by atoms with Crippen molar-refractivity contribution in [3.63, 3.8) is 0 Å². The van der Waals surface area contributed by atoms with Crippen molar-refractivity contribution >= 4 is 17.9 Å². The van der Waals surface area contributed by atoms with Crippen LogP contribution in [0.5, 0.6) is 0 Å². The molecule has 1 heterocycles. The van der Waals surface area contributed by atoms with Crippen molar-refractivity contribution in [2.75, 3.05) is 13.6 Å². The first-order valence-corrected chi connectivity index (χ1v) is 11.6. The predicted octanol–water partition coefficient (Wildman–Crippen LogP) is 3.65. The summed E-state index contributed by atoms with van der Waals surface area (Å²) in [4.78, 5) is 43.9. The molecule has 0 saturated carbocycles. The Morgan fingerprint density at radius 2 is 1.17 bits per heavy atom. The number of carbonyl (C=O) groups is 3. The molecule has 1 fully saturated rings. The summed E-state index contributed by atoms with van der Waals surface area (Å²) in [6.07, 6.45) is 0.633. The number of rotatable bonds is 9. The lowest BCUT2D eigenvalue weighted by atomic mass is 10.0. The smallest absolute Gasteiger partial charge is 0.329 e. The Labute approximate surface area is 205 Å². The van der Waals surface area contributed by atoms with E-state index in [-0.39, 0.29) is 19.0 Å². The van der Waals surface area contributed by atoms with Gasteiger partial charge in [0, 0.05) is 26.7 Å². The van der Waals surface area contributed by atoms with Crippen molar-refractivity contribution in [2.45, 2.75) is 31.6 Å². The lowest BCUT2D eigenvalue weighted by Crippen LogP contribution is -2.52. The molecule has 3 aromatic rings. The third kappa shape index (κ3) is 5.51. The van der Waals surface area contributed by atoms with Crippen LogP contribution in [0.3, 0.4) is 0 Å². The molecule has 0 spiro atoms. The van der Waals surface area contributed by atoms with Gasteiger partial charge in [-0.1, -0.05) is 91.0 Å². The normalized spacial score (nSPS) is 17.5. The summed E-state index contributed by atoms with van der Waals surface area (Å²) in [5, 5.41) is 10.2. The number of aliphatic carboxylic acids is 1. The molecule has 35 heavy (non-hydrogen) atoms. The van der Waals surface area contributed by atoms with E-state index in [0.717, 1.165) is 16.7 Å². The zero-order valence-corrected chi connectivity index (χ0v) is 19.7. The molecule has 7 nitrogen and oxygen atoms in total. The van der Waals surface area contributed by atoms with Gasteiger partial charge in [-0.2, -0.15) is 0 Å². The van der Waals surface area contributed by atoms with Gasteiger partial charge in [0.1, 0.15) is 6.04 Å². The zero-order valence-electron chi connectivity index (χ0n) is 19.7. The highest BCUT2D eigenvalue weighted by Gasteiger charge is 2.53. The van der Waals surface area contributed by atoms with Crippen LogP contribution in [0.4, 0.5) is 4.79 Å². The molecule has 4 rings (SSSR count). The first kappa shape index (κ1) is 24.0. The largest absolute Gasteiger partial charge is 0.480 e. The van der Waals surface area contributed by atoms with Crippen LogP contribution in [-0.2, 0) is 29.1 Å². The van der Waals surface area contributed by atoms with Crippen molar-refractivity contribution in [3.8, 4) is 0 Å². The van der Waals surface area contributed by atoms with Crippen LogP contribution in [-0.4, -0.2) is 63.4 Å². The Kier molecular flexibility index (Phi) is 7.45. The van der Waals surface area contributed by atoms with Crippen LogP contribution in [0, 0.1) is 0 Å². The zero-order chi connectivity index (χ0) is 24.8. The fraction of sp³-hybridized carbons (Fsp3) is 0.250. The Balaban J connectivity index is 1.62. The average Bonchev–Trinajstić information content (AvgIpc) is 3.15. The van der Waals surface area contributed by atoms with Crippen LogP contribution in [0.25, 0.3) is 0 Å². The number of hydrogen-bond acceptors (Lipinski definition) is 3. The molecule has 0 aromatic heterocycles. The van der Waals surface area contributed by atoms with Gasteiger partial charge in [-0.05, 0) is 23.1 Å². The van der Waals surface area contributed by atoms with Crippen LogP contribution in [0.2, 0.25) is 0 Å². The SMILES string of the molecule is CN(CCc1ccccc1)C(=O)C1C(C(=O)O)N(Cc2ccccc2)C(=O)N1Cc1ccccc1. The van der Waals surface area contributed by atoms with Gasteiger partial charge in [-0.3, -0.25) is 4.79 Å². The molecular weight excluding hydrogens is 442 g/mol. The van der Waals surface area contributed by atoms with E-state index in [4.69, 9.17) is 0 Å². The van der Waals surface area contributed by atoms with Gasteiger partial charge in [0.15, 0.2) is 6.04 Å². The van der Waals surface area contributed by atoms with Crippen LogP contribution in [0.1, 0.15) is 16.7 Å². The van der Waals surface area contributed by atoms with E-state index < -0.39 is 24.1 Å². The van der Waals surface area contributed by atoms with Crippen molar-refractivity contribution in [1.82, 2.24) is 14.7 Å². The quantitative estimate of drug-likeness (QED) is 0.517. The number of amides is 3. The van der Waals surface area contributed by atoms with Crippen molar-refractivity contribution in [1.29, 1.82) is 0 Å². The minimum atomic E-state index is -1.29. The van der Waals surface area contributed by atoms with Gasteiger partial charge in [0.05, 0.1) is 0 Å². The summed E-state index contributed by atoms with van der Waals surface area (Å²) in [5.41, 5.74) is 2.71. The highest BCUT2D eigenvalue weighted by Crippen LogP contribution is 2.29.